The molecule has 2 aliphatic rings. The number of hydrogen-bond acceptors (Lipinski definition) is 7. The molecule has 2 unspecified atom stereocenters. The van der Waals surface area contributed by atoms with Crippen LogP contribution in [0.4, 0.5) is 11.9 Å². The van der Waals surface area contributed by atoms with E-state index in [2.05, 4.69) is 26.3 Å². The Bertz CT molecular complexity index is 1020. The molecule has 4 rings (SSSR count). The maximum absolute atomic E-state index is 11.8. The Morgan fingerprint density at radius 1 is 1.21 bits per heavy atom. The second-order valence-corrected chi connectivity index (χ2v) is 8.06. The number of fused-ring (bicyclic) bond motifs is 1. The maximum atomic E-state index is 11.8. The summed E-state index contributed by atoms with van der Waals surface area (Å²) in [7, 11) is 3.80. The third-order valence-electron chi connectivity index (χ3n) is 4.79. The first-order chi connectivity index (χ1) is 14.0. The number of carbonyl (C=O) groups is 1. The van der Waals surface area contributed by atoms with Gasteiger partial charge in [-0.3, -0.25) is 4.79 Å². The minimum atomic E-state index is -0.388. The Morgan fingerprint density at radius 2 is 2.00 bits per heavy atom. The molecule has 1 aromatic carbocycles. The van der Waals surface area contributed by atoms with Crippen molar-refractivity contribution in [3.05, 3.63) is 70.9 Å². The first-order valence-electron chi connectivity index (χ1n) is 9.28. The maximum Gasteiger partial charge on any atom is 0.245 e. The van der Waals surface area contributed by atoms with Crippen molar-refractivity contribution in [2.24, 2.45) is 11.7 Å². The number of allylic oxidation sites excluding steroid dienone is 4. The molecule has 8 heteroatoms. The van der Waals surface area contributed by atoms with Gasteiger partial charge in [0.2, 0.25) is 17.8 Å². The number of carbonyl (C=O) groups excluding carboxylic acids is 1. The second-order valence-electron chi connectivity index (χ2n) is 7.04. The largest absolute Gasteiger partial charge is 0.366 e. The van der Waals surface area contributed by atoms with Gasteiger partial charge in [0, 0.05) is 43.0 Å². The van der Waals surface area contributed by atoms with Crippen LogP contribution in [0.1, 0.15) is 11.4 Å². The van der Waals surface area contributed by atoms with Crippen LogP contribution in [-0.2, 0) is 11.3 Å². The van der Waals surface area contributed by atoms with Crippen molar-refractivity contribution in [1.82, 2.24) is 15.0 Å². The fourth-order valence-corrected chi connectivity index (χ4v) is 4.60. The Hall–Kier alpha value is -3.13. The average molecular weight is 407 g/mol. The van der Waals surface area contributed by atoms with Crippen LogP contribution in [-0.4, -0.2) is 40.2 Å². The average Bonchev–Trinajstić information content (AvgIpc) is 3.17. The smallest absolute Gasteiger partial charge is 0.245 e. The number of anilines is 2. The van der Waals surface area contributed by atoms with Crippen LogP contribution >= 0.6 is 11.8 Å². The molecule has 0 saturated carbocycles. The molecule has 7 nitrogen and oxygen atoms in total. The summed E-state index contributed by atoms with van der Waals surface area (Å²) in [5, 5.41) is 5.28. The highest BCUT2D eigenvalue weighted by molar-refractivity contribution is 8.03. The zero-order valence-corrected chi connectivity index (χ0v) is 17.1. The first kappa shape index (κ1) is 19.2. The summed E-state index contributed by atoms with van der Waals surface area (Å²) in [4.78, 5) is 27.5. The first-order valence-corrected chi connectivity index (χ1v) is 10.2. The number of aromatic nitrogens is 3. The van der Waals surface area contributed by atoms with E-state index in [0.717, 1.165) is 11.1 Å². The van der Waals surface area contributed by atoms with E-state index in [1.54, 1.807) is 17.8 Å². The Balaban J connectivity index is 1.62. The minimum absolute atomic E-state index is 0.00638. The van der Waals surface area contributed by atoms with E-state index >= 15 is 0 Å². The van der Waals surface area contributed by atoms with E-state index in [1.807, 2.05) is 60.8 Å². The molecule has 0 spiro atoms. The normalized spacial score (nSPS) is 19.9. The minimum Gasteiger partial charge on any atom is -0.366 e. The molecule has 0 radical (unpaired) electrons. The van der Waals surface area contributed by atoms with Gasteiger partial charge in [-0.25, -0.2) is 0 Å². The van der Waals surface area contributed by atoms with Crippen molar-refractivity contribution in [3.8, 4) is 0 Å². The summed E-state index contributed by atoms with van der Waals surface area (Å²) >= 11 is 1.58. The zero-order valence-electron chi connectivity index (χ0n) is 16.2. The Kier molecular flexibility index (Phi) is 5.35. The quantitative estimate of drug-likeness (QED) is 0.761. The van der Waals surface area contributed by atoms with Crippen molar-refractivity contribution in [1.29, 1.82) is 0 Å². The number of hydrogen-bond donors (Lipinski definition) is 2. The number of primary amides is 1. The van der Waals surface area contributed by atoms with E-state index in [9.17, 15) is 4.79 Å². The van der Waals surface area contributed by atoms with Crippen molar-refractivity contribution in [3.63, 3.8) is 0 Å². The highest BCUT2D eigenvalue weighted by Crippen LogP contribution is 2.46. The molecule has 148 valence electrons. The van der Waals surface area contributed by atoms with Gasteiger partial charge in [0.1, 0.15) is 0 Å². The van der Waals surface area contributed by atoms with Gasteiger partial charge in [-0.2, -0.15) is 15.0 Å². The van der Waals surface area contributed by atoms with Crippen LogP contribution in [0.2, 0.25) is 0 Å². The van der Waals surface area contributed by atoms with E-state index in [4.69, 9.17) is 5.73 Å². The fraction of sp³-hybridized carbons (Fsp3) is 0.238. The predicted molar refractivity (Wildman–Crippen MR) is 117 cm³/mol. The van der Waals surface area contributed by atoms with Gasteiger partial charge < -0.3 is 16.0 Å². The summed E-state index contributed by atoms with van der Waals surface area (Å²) < 4.78 is 0. The summed E-state index contributed by atoms with van der Waals surface area (Å²) in [6.45, 7) is 0.617. The van der Waals surface area contributed by atoms with Crippen molar-refractivity contribution >= 4 is 35.1 Å². The lowest BCUT2D eigenvalue weighted by Gasteiger charge is -2.23. The Morgan fingerprint density at radius 3 is 2.72 bits per heavy atom. The SMILES string of the molecule is CN(C)c1nc(NCc2ccccc2)nc(C2=CSC3C(C(N)=O)=CC=CC23)n1. The van der Waals surface area contributed by atoms with Crippen molar-refractivity contribution < 1.29 is 4.79 Å². The van der Waals surface area contributed by atoms with Crippen LogP contribution in [0.5, 0.6) is 0 Å². The number of amides is 1. The summed E-state index contributed by atoms with van der Waals surface area (Å²) in [5.74, 6) is 1.32. The second kappa shape index (κ2) is 8.08. The van der Waals surface area contributed by atoms with Crippen LogP contribution in [0.25, 0.3) is 5.57 Å². The van der Waals surface area contributed by atoms with Crippen molar-refractivity contribution in [2.45, 2.75) is 11.8 Å². The van der Waals surface area contributed by atoms with Crippen LogP contribution in [0, 0.1) is 5.92 Å². The number of nitrogens with two attached hydrogens (primary N) is 1. The molecule has 3 N–H and O–H groups in total. The van der Waals surface area contributed by atoms with Gasteiger partial charge in [-0.1, -0.05) is 48.6 Å². The summed E-state index contributed by atoms with van der Waals surface area (Å²) in [6.07, 6.45) is 5.74. The number of benzene rings is 1. The van der Waals surface area contributed by atoms with Gasteiger partial charge in [-0.05, 0) is 11.0 Å². The van der Waals surface area contributed by atoms with Gasteiger partial charge in [0.25, 0.3) is 0 Å². The highest BCUT2D eigenvalue weighted by Gasteiger charge is 2.37. The topological polar surface area (TPSA) is 97.0 Å². The van der Waals surface area contributed by atoms with Gasteiger partial charge in [0.15, 0.2) is 5.82 Å². The molecule has 2 atom stereocenters. The van der Waals surface area contributed by atoms with E-state index in [1.165, 1.54) is 0 Å². The molecular formula is C21H22N6OS. The van der Waals surface area contributed by atoms with Crippen molar-refractivity contribution in [2.75, 3.05) is 24.3 Å². The molecular weight excluding hydrogens is 384 g/mol. The highest BCUT2D eigenvalue weighted by atomic mass is 32.2. The number of nitrogens with zero attached hydrogens (tertiary/aromatic N) is 4. The fourth-order valence-electron chi connectivity index (χ4n) is 3.29. The lowest BCUT2D eigenvalue weighted by Crippen LogP contribution is -2.27. The van der Waals surface area contributed by atoms with Crippen LogP contribution in [0.15, 0.2) is 59.5 Å². The molecule has 0 fully saturated rings. The third kappa shape index (κ3) is 4.02. The molecule has 1 aliphatic heterocycles. The van der Waals surface area contributed by atoms with Gasteiger partial charge in [-0.15, -0.1) is 11.8 Å². The lowest BCUT2D eigenvalue weighted by atomic mass is 9.87. The molecule has 1 aromatic heterocycles. The summed E-state index contributed by atoms with van der Waals surface area (Å²) in [5.41, 5.74) is 8.29. The molecule has 0 bridgehead atoms. The van der Waals surface area contributed by atoms with Gasteiger partial charge in [0.05, 0.1) is 0 Å². The molecule has 29 heavy (non-hydrogen) atoms. The number of thioether (sulfide) groups is 1. The third-order valence-corrected chi connectivity index (χ3v) is 6.02. The van der Waals surface area contributed by atoms with Crippen LogP contribution in [0.3, 0.4) is 0 Å². The molecule has 1 amide bonds. The van der Waals surface area contributed by atoms with E-state index < -0.39 is 0 Å². The molecule has 0 saturated heterocycles. The predicted octanol–water partition coefficient (Wildman–Crippen LogP) is 2.60. The summed E-state index contributed by atoms with van der Waals surface area (Å²) in [6, 6.07) is 10.1. The van der Waals surface area contributed by atoms with Gasteiger partial charge >= 0.3 is 0 Å². The molecule has 1 aliphatic carbocycles. The zero-order chi connectivity index (χ0) is 20.4. The number of nitrogens with one attached hydrogen (secondary N) is 1. The van der Waals surface area contributed by atoms with E-state index in [0.29, 0.717) is 29.8 Å². The van der Waals surface area contributed by atoms with Crippen LogP contribution < -0.4 is 16.0 Å². The molecule has 2 heterocycles. The molecule has 2 aromatic rings. The van der Waals surface area contributed by atoms with E-state index in [-0.39, 0.29) is 17.1 Å². The number of rotatable bonds is 6. The Labute approximate surface area is 173 Å². The monoisotopic (exact) mass is 406 g/mol. The standard InChI is InChI=1S/C21H22N6OS/c1-27(2)21-25-19(24-20(26-21)23-11-13-7-4-3-5-8-13)16-12-29-17-14(16)9-6-10-15(17)18(22)28/h3-10,12,14,17H,11H2,1-2H3,(H2,22,28)(H,23,24,25,26). The lowest BCUT2D eigenvalue weighted by molar-refractivity contribution is -0.114.